The van der Waals surface area contributed by atoms with Gasteiger partial charge < -0.3 is 10.5 Å². The topological polar surface area (TPSA) is 48.1 Å². The SMILES string of the molecule is CCC(C)Oc1cc(C(C)N)ccn1. The van der Waals surface area contributed by atoms with Gasteiger partial charge in [-0.25, -0.2) is 4.98 Å². The Morgan fingerprint density at radius 2 is 2.21 bits per heavy atom. The number of aromatic nitrogens is 1. The van der Waals surface area contributed by atoms with Crippen molar-refractivity contribution in [2.45, 2.75) is 39.3 Å². The molecule has 0 saturated carbocycles. The van der Waals surface area contributed by atoms with E-state index in [9.17, 15) is 0 Å². The summed E-state index contributed by atoms with van der Waals surface area (Å²) in [5.74, 6) is 0.661. The quantitative estimate of drug-likeness (QED) is 0.800. The van der Waals surface area contributed by atoms with Crippen molar-refractivity contribution in [3.05, 3.63) is 23.9 Å². The van der Waals surface area contributed by atoms with E-state index in [0.29, 0.717) is 5.88 Å². The van der Waals surface area contributed by atoms with E-state index < -0.39 is 0 Å². The van der Waals surface area contributed by atoms with E-state index >= 15 is 0 Å². The molecule has 1 rings (SSSR count). The highest BCUT2D eigenvalue weighted by atomic mass is 16.5. The van der Waals surface area contributed by atoms with E-state index in [1.807, 2.05) is 26.0 Å². The zero-order chi connectivity index (χ0) is 10.6. The summed E-state index contributed by atoms with van der Waals surface area (Å²) in [4.78, 5) is 4.13. The van der Waals surface area contributed by atoms with Crippen molar-refractivity contribution in [1.29, 1.82) is 0 Å². The third kappa shape index (κ3) is 3.00. The molecule has 0 aliphatic carbocycles. The molecule has 78 valence electrons. The van der Waals surface area contributed by atoms with Crippen LogP contribution in [-0.2, 0) is 0 Å². The molecule has 14 heavy (non-hydrogen) atoms. The van der Waals surface area contributed by atoms with Gasteiger partial charge in [0.15, 0.2) is 0 Å². The molecule has 0 bridgehead atoms. The van der Waals surface area contributed by atoms with Crippen LogP contribution in [-0.4, -0.2) is 11.1 Å². The maximum absolute atomic E-state index is 5.76. The molecule has 0 fully saturated rings. The molecule has 0 spiro atoms. The molecule has 3 nitrogen and oxygen atoms in total. The molecule has 2 atom stereocenters. The number of hydrogen-bond donors (Lipinski definition) is 1. The number of nitrogens with two attached hydrogens (primary N) is 1. The lowest BCUT2D eigenvalue weighted by Gasteiger charge is -2.13. The molecular formula is C11H18N2O. The number of rotatable bonds is 4. The average Bonchev–Trinajstić information content (AvgIpc) is 2.18. The number of ether oxygens (including phenoxy) is 1. The number of hydrogen-bond acceptors (Lipinski definition) is 3. The molecule has 3 heteroatoms. The van der Waals surface area contributed by atoms with Crippen molar-refractivity contribution < 1.29 is 4.74 Å². The van der Waals surface area contributed by atoms with Gasteiger partial charge in [0.2, 0.25) is 5.88 Å². The normalized spacial score (nSPS) is 14.9. The molecule has 0 saturated heterocycles. The first-order valence-electron chi connectivity index (χ1n) is 5.01. The van der Waals surface area contributed by atoms with E-state index in [-0.39, 0.29) is 12.1 Å². The van der Waals surface area contributed by atoms with Gasteiger partial charge in [0, 0.05) is 18.3 Å². The lowest BCUT2D eigenvalue weighted by atomic mass is 10.1. The number of nitrogens with zero attached hydrogens (tertiary/aromatic N) is 1. The van der Waals surface area contributed by atoms with Crippen molar-refractivity contribution in [2.75, 3.05) is 0 Å². The monoisotopic (exact) mass is 194 g/mol. The summed E-state index contributed by atoms with van der Waals surface area (Å²) in [5.41, 5.74) is 6.82. The van der Waals surface area contributed by atoms with Crippen LogP contribution in [0.5, 0.6) is 5.88 Å². The molecule has 1 heterocycles. The summed E-state index contributed by atoms with van der Waals surface area (Å²) in [5, 5.41) is 0. The fourth-order valence-electron chi connectivity index (χ4n) is 1.06. The van der Waals surface area contributed by atoms with Gasteiger partial charge >= 0.3 is 0 Å². The predicted octanol–water partition coefficient (Wildman–Crippen LogP) is 2.28. The van der Waals surface area contributed by atoms with Gasteiger partial charge in [0.1, 0.15) is 0 Å². The highest BCUT2D eigenvalue weighted by Gasteiger charge is 2.05. The Morgan fingerprint density at radius 3 is 2.79 bits per heavy atom. The maximum atomic E-state index is 5.76. The van der Waals surface area contributed by atoms with Crippen LogP contribution in [0.1, 0.15) is 38.8 Å². The first-order chi connectivity index (χ1) is 6.63. The second-order valence-corrected chi connectivity index (χ2v) is 3.55. The van der Waals surface area contributed by atoms with Crippen LogP contribution in [0, 0.1) is 0 Å². The van der Waals surface area contributed by atoms with Crippen molar-refractivity contribution in [2.24, 2.45) is 5.73 Å². The molecule has 0 radical (unpaired) electrons. The second kappa shape index (κ2) is 4.96. The number of pyridine rings is 1. The lowest BCUT2D eigenvalue weighted by molar-refractivity contribution is 0.208. The Kier molecular flexibility index (Phi) is 3.89. The molecule has 2 unspecified atom stereocenters. The minimum Gasteiger partial charge on any atom is -0.475 e. The molecule has 0 aromatic carbocycles. The zero-order valence-corrected chi connectivity index (χ0v) is 9.03. The molecule has 1 aromatic heterocycles. The summed E-state index contributed by atoms with van der Waals surface area (Å²) in [7, 11) is 0. The Morgan fingerprint density at radius 1 is 1.50 bits per heavy atom. The lowest BCUT2D eigenvalue weighted by Crippen LogP contribution is -2.12. The van der Waals surface area contributed by atoms with Gasteiger partial charge in [0.05, 0.1) is 6.10 Å². The molecule has 0 amide bonds. The van der Waals surface area contributed by atoms with Crippen LogP contribution in [0.3, 0.4) is 0 Å². The maximum Gasteiger partial charge on any atom is 0.213 e. The minimum absolute atomic E-state index is 0.0253. The van der Waals surface area contributed by atoms with E-state index in [0.717, 1.165) is 12.0 Å². The van der Waals surface area contributed by atoms with Gasteiger partial charge in [-0.2, -0.15) is 0 Å². The molecule has 2 N–H and O–H groups in total. The van der Waals surface area contributed by atoms with Gasteiger partial charge in [-0.15, -0.1) is 0 Å². The summed E-state index contributed by atoms with van der Waals surface area (Å²) in [6, 6.07) is 3.84. The van der Waals surface area contributed by atoms with Gasteiger partial charge in [-0.05, 0) is 31.9 Å². The third-order valence-corrected chi connectivity index (χ3v) is 2.18. The van der Waals surface area contributed by atoms with E-state index in [4.69, 9.17) is 10.5 Å². The van der Waals surface area contributed by atoms with Crippen molar-refractivity contribution in [3.63, 3.8) is 0 Å². The Hall–Kier alpha value is -1.09. The fourth-order valence-corrected chi connectivity index (χ4v) is 1.06. The molecular weight excluding hydrogens is 176 g/mol. The van der Waals surface area contributed by atoms with E-state index in [1.54, 1.807) is 6.20 Å². The molecule has 0 aliphatic rings. The molecule has 1 aromatic rings. The molecule has 0 aliphatic heterocycles. The fraction of sp³-hybridized carbons (Fsp3) is 0.545. The smallest absolute Gasteiger partial charge is 0.213 e. The zero-order valence-electron chi connectivity index (χ0n) is 9.03. The van der Waals surface area contributed by atoms with Crippen LogP contribution < -0.4 is 10.5 Å². The van der Waals surface area contributed by atoms with E-state index in [2.05, 4.69) is 11.9 Å². The predicted molar refractivity (Wildman–Crippen MR) is 57.2 cm³/mol. The third-order valence-electron chi connectivity index (χ3n) is 2.18. The van der Waals surface area contributed by atoms with Gasteiger partial charge in [-0.1, -0.05) is 6.92 Å². The van der Waals surface area contributed by atoms with Crippen LogP contribution in [0.2, 0.25) is 0 Å². The standard InChI is InChI=1S/C11H18N2O/c1-4-8(2)14-11-7-10(9(3)12)5-6-13-11/h5-9H,4,12H2,1-3H3. The highest BCUT2D eigenvalue weighted by molar-refractivity contribution is 5.22. The van der Waals surface area contributed by atoms with Gasteiger partial charge in [-0.3, -0.25) is 0 Å². The van der Waals surface area contributed by atoms with Crippen LogP contribution in [0.15, 0.2) is 18.3 Å². The van der Waals surface area contributed by atoms with Crippen molar-refractivity contribution in [1.82, 2.24) is 4.98 Å². The summed E-state index contributed by atoms with van der Waals surface area (Å²) >= 11 is 0. The van der Waals surface area contributed by atoms with Crippen LogP contribution in [0.25, 0.3) is 0 Å². The Labute approximate surface area is 85.3 Å². The van der Waals surface area contributed by atoms with E-state index in [1.165, 1.54) is 0 Å². The van der Waals surface area contributed by atoms with Gasteiger partial charge in [0.25, 0.3) is 0 Å². The minimum atomic E-state index is 0.0253. The first kappa shape index (κ1) is 11.0. The Bertz CT molecular complexity index is 286. The second-order valence-electron chi connectivity index (χ2n) is 3.55. The van der Waals surface area contributed by atoms with Crippen LogP contribution >= 0.6 is 0 Å². The largest absolute Gasteiger partial charge is 0.475 e. The average molecular weight is 194 g/mol. The Balaban J connectivity index is 2.73. The highest BCUT2D eigenvalue weighted by Crippen LogP contribution is 2.16. The first-order valence-corrected chi connectivity index (χ1v) is 5.01. The summed E-state index contributed by atoms with van der Waals surface area (Å²) in [6.07, 6.45) is 2.91. The summed E-state index contributed by atoms with van der Waals surface area (Å²) < 4.78 is 5.59. The summed E-state index contributed by atoms with van der Waals surface area (Å²) in [6.45, 7) is 6.06. The van der Waals surface area contributed by atoms with Crippen molar-refractivity contribution in [3.8, 4) is 5.88 Å². The van der Waals surface area contributed by atoms with Crippen molar-refractivity contribution >= 4 is 0 Å². The van der Waals surface area contributed by atoms with Crippen LogP contribution in [0.4, 0.5) is 0 Å².